The van der Waals surface area contributed by atoms with Crippen molar-refractivity contribution >= 4 is 12.3 Å². The first-order chi connectivity index (χ1) is 12.1. The molecular formula is C22H41NO3. The zero-order valence-electron chi connectivity index (χ0n) is 18.0. The summed E-state index contributed by atoms with van der Waals surface area (Å²) in [7, 11) is 2.16. The zero-order chi connectivity index (χ0) is 19.8. The average Bonchev–Trinajstić information content (AvgIpc) is 2.54. The molecule has 1 rings (SSSR count). The van der Waals surface area contributed by atoms with Gasteiger partial charge >= 0.3 is 5.97 Å². The van der Waals surface area contributed by atoms with Crippen LogP contribution in [0.3, 0.4) is 0 Å². The topological polar surface area (TPSA) is 46.6 Å². The molecule has 0 aliphatic carbocycles. The minimum atomic E-state index is -0.0434. The maximum Gasteiger partial charge on any atom is 0.306 e. The van der Waals surface area contributed by atoms with Crippen LogP contribution in [0.1, 0.15) is 98.8 Å². The molecule has 152 valence electrons. The highest BCUT2D eigenvalue weighted by molar-refractivity contribution is 5.69. The van der Waals surface area contributed by atoms with Crippen LogP contribution in [0.2, 0.25) is 0 Å². The van der Waals surface area contributed by atoms with Crippen molar-refractivity contribution in [3.05, 3.63) is 0 Å². The van der Waals surface area contributed by atoms with Gasteiger partial charge in [-0.2, -0.15) is 0 Å². The van der Waals surface area contributed by atoms with Crippen LogP contribution in [-0.4, -0.2) is 41.4 Å². The molecule has 0 aromatic heterocycles. The Bertz CT molecular complexity index is 427. The molecule has 1 fully saturated rings. The third-order valence-electron chi connectivity index (χ3n) is 6.24. The molecule has 1 heterocycles. The first-order valence-electron chi connectivity index (χ1n) is 10.5. The van der Waals surface area contributed by atoms with Crippen LogP contribution in [-0.2, 0) is 14.3 Å². The van der Waals surface area contributed by atoms with Gasteiger partial charge < -0.3 is 9.53 Å². The second-order valence-electron chi connectivity index (χ2n) is 9.31. The number of hydrogen-bond acceptors (Lipinski definition) is 4. The fourth-order valence-electron chi connectivity index (χ4n) is 4.18. The van der Waals surface area contributed by atoms with E-state index in [0.717, 1.165) is 64.1 Å². The Labute approximate surface area is 161 Å². The summed E-state index contributed by atoms with van der Waals surface area (Å²) >= 11 is 0. The molecule has 0 bridgehead atoms. The largest absolute Gasteiger partial charge is 0.462 e. The van der Waals surface area contributed by atoms with Crippen molar-refractivity contribution in [1.29, 1.82) is 0 Å². The number of ether oxygens (including phenoxy) is 1. The van der Waals surface area contributed by atoms with E-state index in [2.05, 4.69) is 46.6 Å². The van der Waals surface area contributed by atoms with Crippen molar-refractivity contribution in [1.82, 2.24) is 4.90 Å². The Hall–Kier alpha value is -0.900. The summed E-state index contributed by atoms with van der Waals surface area (Å²) in [6.07, 6.45) is 10.8. The molecule has 1 unspecified atom stereocenters. The molecule has 0 saturated carbocycles. The van der Waals surface area contributed by atoms with E-state index in [1.54, 1.807) is 0 Å². The number of piperidine rings is 1. The molecule has 0 spiro atoms. The summed E-state index contributed by atoms with van der Waals surface area (Å²) in [6, 6.07) is 0. The number of unbranched alkanes of at least 4 members (excludes halogenated alkanes) is 4. The Morgan fingerprint density at radius 3 is 2.15 bits per heavy atom. The second kappa shape index (κ2) is 10.4. The average molecular weight is 368 g/mol. The van der Waals surface area contributed by atoms with E-state index in [9.17, 15) is 9.59 Å². The fourth-order valence-corrected chi connectivity index (χ4v) is 4.18. The molecule has 1 saturated heterocycles. The van der Waals surface area contributed by atoms with E-state index in [0.29, 0.717) is 6.42 Å². The number of nitrogens with zero attached hydrogens (tertiary/aromatic N) is 1. The molecule has 1 aliphatic heterocycles. The number of esters is 1. The lowest BCUT2D eigenvalue weighted by Gasteiger charge is -2.53. The first kappa shape index (κ1) is 23.1. The van der Waals surface area contributed by atoms with Gasteiger partial charge in [0.25, 0.3) is 0 Å². The highest BCUT2D eigenvalue weighted by Crippen LogP contribution is 2.38. The van der Waals surface area contributed by atoms with Gasteiger partial charge in [-0.05, 0) is 54.0 Å². The minimum absolute atomic E-state index is 0.0259. The summed E-state index contributed by atoms with van der Waals surface area (Å²) in [5.41, 5.74) is 0.0924. The van der Waals surface area contributed by atoms with Gasteiger partial charge in [-0.25, -0.2) is 0 Å². The van der Waals surface area contributed by atoms with E-state index < -0.39 is 0 Å². The van der Waals surface area contributed by atoms with Crippen LogP contribution in [0.25, 0.3) is 0 Å². The van der Waals surface area contributed by atoms with Gasteiger partial charge in [0, 0.05) is 36.3 Å². The number of aldehydes is 1. The van der Waals surface area contributed by atoms with E-state index >= 15 is 0 Å². The Balaban J connectivity index is 2.20. The number of likely N-dealkylation sites (tertiary alicyclic amines) is 1. The summed E-state index contributed by atoms with van der Waals surface area (Å²) in [5, 5.41) is 0. The van der Waals surface area contributed by atoms with Crippen molar-refractivity contribution in [2.24, 2.45) is 5.92 Å². The molecule has 0 amide bonds. The van der Waals surface area contributed by atoms with Gasteiger partial charge in [-0.1, -0.05) is 32.6 Å². The van der Waals surface area contributed by atoms with Crippen LogP contribution in [0.4, 0.5) is 0 Å². The van der Waals surface area contributed by atoms with Crippen LogP contribution < -0.4 is 0 Å². The fraction of sp³-hybridized carbons (Fsp3) is 0.909. The molecule has 0 aromatic rings. The maximum atomic E-state index is 12.2. The van der Waals surface area contributed by atoms with Gasteiger partial charge in [-0.15, -0.1) is 0 Å². The zero-order valence-corrected chi connectivity index (χ0v) is 18.0. The summed E-state index contributed by atoms with van der Waals surface area (Å²) in [5.74, 6) is 0.186. The summed E-state index contributed by atoms with van der Waals surface area (Å²) in [6.45, 7) is 11.0. The van der Waals surface area contributed by atoms with Crippen LogP contribution in [0, 0.1) is 5.92 Å². The van der Waals surface area contributed by atoms with Crippen molar-refractivity contribution in [3.63, 3.8) is 0 Å². The van der Waals surface area contributed by atoms with Crippen molar-refractivity contribution in [3.8, 4) is 0 Å². The first-order valence-corrected chi connectivity index (χ1v) is 10.5. The summed E-state index contributed by atoms with van der Waals surface area (Å²) in [4.78, 5) is 25.4. The Kier molecular flexibility index (Phi) is 9.29. The second-order valence-corrected chi connectivity index (χ2v) is 9.31. The van der Waals surface area contributed by atoms with Gasteiger partial charge in [0.15, 0.2) is 0 Å². The minimum Gasteiger partial charge on any atom is -0.462 e. The quantitative estimate of drug-likeness (QED) is 0.288. The third kappa shape index (κ3) is 7.38. The highest BCUT2D eigenvalue weighted by atomic mass is 16.5. The lowest BCUT2D eigenvalue weighted by molar-refractivity contribution is -0.159. The van der Waals surface area contributed by atoms with Crippen LogP contribution in [0.5, 0.6) is 0 Å². The van der Waals surface area contributed by atoms with Crippen LogP contribution in [0.15, 0.2) is 0 Å². The Morgan fingerprint density at radius 1 is 1.08 bits per heavy atom. The molecule has 4 nitrogen and oxygen atoms in total. The predicted molar refractivity (Wildman–Crippen MR) is 107 cm³/mol. The number of carbonyl (C=O) groups excluding carboxylic acids is 2. The maximum absolute atomic E-state index is 12.2. The van der Waals surface area contributed by atoms with Crippen LogP contribution >= 0.6 is 0 Å². The molecule has 0 aromatic carbocycles. The van der Waals surface area contributed by atoms with E-state index in [1.165, 1.54) is 0 Å². The van der Waals surface area contributed by atoms with E-state index in [-0.39, 0.29) is 29.1 Å². The van der Waals surface area contributed by atoms with E-state index in [1.807, 2.05) is 0 Å². The Morgan fingerprint density at radius 2 is 1.62 bits per heavy atom. The predicted octanol–water partition coefficient (Wildman–Crippen LogP) is 5.14. The molecule has 1 aliphatic rings. The molecule has 4 heteroatoms. The molecule has 0 radical (unpaired) electrons. The normalized spacial score (nSPS) is 21.3. The number of hydrogen-bond donors (Lipinski definition) is 0. The number of rotatable bonds is 11. The number of carbonyl (C=O) groups is 2. The van der Waals surface area contributed by atoms with Gasteiger partial charge in [-0.3, -0.25) is 9.69 Å². The third-order valence-corrected chi connectivity index (χ3v) is 6.24. The molecular weight excluding hydrogens is 326 g/mol. The van der Waals surface area contributed by atoms with Crippen molar-refractivity contribution < 1.29 is 14.3 Å². The molecule has 1 atom stereocenters. The smallest absolute Gasteiger partial charge is 0.306 e. The van der Waals surface area contributed by atoms with Gasteiger partial charge in [0.1, 0.15) is 12.4 Å². The molecule has 26 heavy (non-hydrogen) atoms. The standard InChI is InChI=1S/C22H41NO3/c1-7-18(17-24)13-11-9-8-10-12-14-20(25)26-19-15-21(2,3)23(6)22(4,5)16-19/h17-19H,7-16H2,1-6H3. The van der Waals surface area contributed by atoms with E-state index in [4.69, 9.17) is 4.74 Å². The molecule has 0 N–H and O–H groups in total. The summed E-state index contributed by atoms with van der Waals surface area (Å²) < 4.78 is 5.79. The highest BCUT2D eigenvalue weighted by Gasteiger charge is 2.44. The monoisotopic (exact) mass is 367 g/mol. The van der Waals surface area contributed by atoms with Gasteiger partial charge in [0.2, 0.25) is 0 Å². The lowest BCUT2D eigenvalue weighted by Crippen LogP contribution is -2.60. The van der Waals surface area contributed by atoms with Crippen molar-refractivity contribution in [2.45, 2.75) is 116 Å². The van der Waals surface area contributed by atoms with Gasteiger partial charge in [0.05, 0.1) is 0 Å². The SMILES string of the molecule is CCC(C=O)CCCCCCCC(=O)OC1CC(C)(C)N(C)C(C)(C)C1. The lowest BCUT2D eigenvalue weighted by atomic mass is 9.79. The van der Waals surface area contributed by atoms with Crippen molar-refractivity contribution in [2.75, 3.05) is 7.05 Å².